The van der Waals surface area contributed by atoms with Gasteiger partial charge in [0.2, 0.25) is 0 Å². The molecule has 1 aliphatic heterocycles. The van der Waals surface area contributed by atoms with Gasteiger partial charge in [-0.25, -0.2) is 4.98 Å². The third kappa shape index (κ3) is 2.31. The minimum Gasteiger partial charge on any atom is -0.493 e. The van der Waals surface area contributed by atoms with Crippen LogP contribution in [0.1, 0.15) is 0 Å². The zero-order valence-corrected chi connectivity index (χ0v) is 12.3. The molecule has 0 aliphatic carbocycles. The Morgan fingerprint density at radius 2 is 2.00 bits per heavy atom. The number of hydrogen-bond acceptors (Lipinski definition) is 6. The fourth-order valence-electron chi connectivity index (χ4n) is 2.69. The number of nitrogens with zero attached hydrogens (tertiary/aromatic N) is 2. The predicted octanol–water partition coefficient (Wildman–Crippen LogP) is 1.67. The van der Waals surface area contributed by atoms with Gasteiger partial charge in [0.1, 0.15) is 5.82 Å². The Morgan fingerprint density at radius 3 is 2.67 bits per heavy atom. The molecule has 2 N–H and O–H groups in total. The molecule has 1 aromatic heterocycles. The van der Waals surface area contributed by atoms with Crippen molar-refractivity contribution in [3.05, 3.63) is 18.3 Å². The van der Waals surface area contributed by atoms with E-state index in [0.717, 1.165) is 29.7 Å². The van der Waals surface area contributed by atoms with E-state index in [1.807, 2.05) is 6.07 Å². The van der Waals surface area contributed by atoms with E-state index in [0.29, 0.717) is 30.4 Å². The van der Waals surface area contributed by atoms with E-state index in [2.05, 4.69) is 9.88 Å². The summed E-state index contributed by atoms with van der Waals surface area (Å²) in [6.45, 7) is 2.98. The second-order valence-corrected chi connectivity index (χ2v) is 4.86. The van der Waals surface area contributed by atoms with Crippen LogP contribution >= 0.6 is 0 Å². The Morgan fingerprint density at radius 1 is 1.24 bits per heavy atom. The first kappa shape index (κ1) is 13.8. The number of aromatic nitrogens is 1. The lowest BCUT2D eigenvalue weighted by Gasteiger charge is -2.29. The number of anilines is 2. The molecule has 6 heteroatoms. The van der Waals surface area contributed by atoms with Crippen molar-refractivity contribution in [1.29, 1.82) is 0 Å². The average molecular weight is 289 g/mol. The van der Waals surface area contributed by atoms with Crippen LogP contribution in [0.25, 0.3) is 10.8 Å². The molecule has 0 radical (unpaired) electrons. The van der Waals surface area contributed by atoms with Crippen LogP contribution in [0.5, 0.6) is 11.5 Å². The number of nitrogen functional groups attached to an aromatic ring is 1. The van der Waals surface area contributed by atoms with Gasteiger partial charge in [-0.05, 0) is 6.07 Å². The van der Waals surface area contributed by atoms with Crippen molar-refractivity contribution in [2.24, 2.45) is 0 Å². The summed E-state index contributed by atoms with van der Waals surface area (Å²) in [6.07, 6.45) is 1.77. The van der Waals surface area contributed by atoms with Gasteiger partial charge in [0, 0.05) is 36.4 Å². The van der Waals surface area contributed by atoms with Crippen molar-refractivity contribution < 1.29 is 14.2 Å². The van der Waals surface area contributed by atoms with Crippen molar-refractivity contribution in [3.8, 4) is 11.5 Å². The molecule has 2 heterocycles. The summed E-state index contributed by atoms with van der Waals surface area (Å²) < 4.78 is 16.4. The number of methoxy groups -OCH3 is 2. The van der Waals surface area contributed by atoms with Crippen LogP contribution in [0.2, 0.25) is 0 Å². The molecule has 0 atom stereocenters. The summed E-state index contributed by atoms with van der Waals surface area (Å²) in [5, 5.41) is 1.81. The van der Waals surface area contributed by atoms with E-state index in [4.69, 9.17) is 19.9 Å². The van der Waals surface area contributed by atoms with E-state index in [1.54, 1.807) is 26.5 Å². The van der Waals surface area contributed by atoms with Gasteiger partial charge in [0.25, 0.3) is 0 Å². The van der Waals surface area contributed by atoms with Gasteiger partial charge in [0.05, 0.1) is 32.8 Å². The van der Waals surface area contributed by atoms with E-state index in [-0.39, 0.29) is 0 Å². The van der Waals surface area contributed by atoms with Gasteiger partial charge in [-0.1, -0.05) is 0 Å². The van der Waals surface area contributed by atoms with Crippen LogP contribution in [0, 0.1) is 0 Å². The molecule has 21 heavy (non-hydrogen) atoms. The number of morpholine rings is 1. The second kappa shape index (κ2) is 5.65. The molecular formula is C15H19N3O3. The molecule has 112 valence electrons. The first-order valence-electron chi connectivity index (χ1n) is 6.88. The number of fused-ring (bicyclic) bond motifs is 1. The van der Waals surface area contributed by atoms with Gasteiger partial charge >= 0.3 is 0 Å². The Kier molecular flexibility index (Phi) is 3.70. The van der Waals surface area contributed by atoms with Gasteiger partial charge in [-0.3, -0.25) is 0 Å². The molecule has 1 saturated heterocycles. The van der Waals surface area contributed by atoms with Crippen LogP contribution in [-0.2, 0) is 4.74 Å². The van der Waals surface area contributed by atoms with E-state index >= 15 is 0 Å². The van der Waals surface area contributed by atoms with Crippen molar-refractivity contribution in [1.82, 2.24) is 4.98 Å². The number of pyridine rings is 1. The first-order chi connectivity index (χ1) is 10.3. The molecule has 0 unspecified atom stereocenters. The van der Waals surface area contributed by atoms with Gasteiger partial charge in [-0.15, -0.1) is 0 Å². The molecule has 6 nitrogen and oxygen atoms in total. The molecule has 3 rings (SSSR count). The zero-order chi connectivity index (χ0) is 14.8. The average Bonchev–Trinajstić information content (AvgIpc) is 2.55. The monoisotopic (exact) mass is 289 g/mol. The minimum atomic E-state index is 0.616. The predicted molar refractivity (Wildman–Crippen MR) is 82.3 cm³/mol. The van der Waals surface area contributed by atoms with E-state index in [9.17, 15) is 0 Å². The van der Waals surface area contributed by atoms with Gasteiger partial charge < -0.3 is 24.8 Å². The van der Waals surface area contributed by atoms with Crippen molar-refractivity contribution >= 4 is 22.3 Å². The van der Waals surface area contributed by atoms with Crippen LogP contribution in [0.4, 0.5) is 11.5 Å². The maximum absolute atomic E-state index is 6.15. The normalized spacial score (nSPS) is 15.2. The van der Waals surface area contributed by atoms with Crippen molar-refractivity contribution in [2.75, 3.05) is 51.2 Å². The number of benzene rings is 1. The minimum absolute atomic E-state index is 0.616. The second-order valence-electron chi connectivity index (χ2n) is 4.86. The summed E-state index contributed by atoms with van der Waals surface area (Å²) in [4.78, 5) is 6.72. The maximum atomic E-state index is 6.15. The summed E-state index contributed by atoms with van der Waals surface area (Å²) in [7, 11) is 3.23. The number of nitrogens with two attached hydrogens (primary N) is 1. The lowest BCUT2D eigenvalue weighted by molar-refractivity contribution is 0.122. The lowest BCUT2D eigenvalue weighted by Crippen LogP contribution is -2.36. The fraction of sp³-hybridized carbons (Fsp3) is 0.400. The third-order valence-corrected chi connectivity index (χ3v) is 3.71. The zero-order valence-electron chi connectivity index (χ0n) is 12.3. The highest BCUT2D eigenvalue weighted by Crippen LogP contribution is 2.43. The largest absolute Gasteiger partial charge is 0.493 e. The third-order valence-electron chi connectivity index (χ3n) is 3.71. The Balaban J connectivity index is 2.26. The fourth-order valence-corrected chi connectivity index (χ4v) is 2.69. The molecule has 0 saturated carbocycles. The molecule has 0 amide bonds. The lowest BCUT2D eigenvalue weighted by atomic mass is 10.1. The number of hydrogen-bond donors (Lipinski definition) is 1. The quantitative estimate of drug-likeness (QED) is 0.867. The maximum Gasteiger partial charge on any atom is 0.172 e. The smallest absolute Gasteiger partial charge is 0.172 e. The molecule has 0 spiro atoms. The van der Waals surface area contributed by atoms with Crippen LogP contribution in [-0.4, -0.2) is 45.5 Å². The first-order valence-corrected chi connectivity index (χ1v) is 6.88. The van der Waals surface area contributed by atoms with Crippen molar-refractivity contribution in [2.45, 2.75) is 0 Å². The van der Waals surface area contributed by atoms with E-state index < -0.39 is 0 Å². The SMILES string of the molecule is COc1cc(N)c2ccnc(N3CCOCC3)c2c1OC. The van der Waals surface area contributed by atoms with E-state index in [1.165, 1.54) is 0 Å². The molecular weight excluding hydrogens is 270 g/mol. The Labute approximate surface area is 123 Å². The molecule has 0 bridgehead atoms. The molecule has 1 aromatic carbocycles. The Hall–Kier alpha value is -2.21. The van der Waals surface area contributed by atoms with Crippen LogP contribution in [0.15, 0.2) is 18.3 Å². The highest BCUT2D eigenvalue weighted by Gasteiger charge is 2.21. The standard InChI is InChI=1S/C15H19N3O3/c1-19-12-9-11(16)10-3-4-17-15(13(10)14(12)20-2)18-5-7-21-8-6-18/h3-4,9H,5-8,16H2,1-2H3. The topological polar surface area (TPSA) is 69.8 Å². The van der Waals surface area contributed by atoms with Crippen molar-refractivity contribution in [3.63, 3.8) is 0 Å². The number of rotatable bonds is 3. The summed E-state index contributed by atoms with van der Waals surface area (Å²) in [6, 6.07) is 3.68. The molecule has 1 aliphatic rings. The summed E-state index contributed by atoms with van der Waals surface area (Å²) in [5.74, 6) is 2.14. The van der Waals surface area contributed by atoms with Crippen LogP contribution in [0.3, 0.4) is 0 Å². The highest BCUT2D eigenvalue weighted by atomic mass is 16.5. The molecule has 1 fully saturated rings. The van der Waals surface area contributed by atoms with Gasteiger partial charge in [0.15, 0.2) is 11.5 Å². The van der Waals surface area contributed by atoms with Crippen LogP contribution < -0.4 is 20.1 Å². The highest BCUT2D eigenvalue weighted by molar-refractivity contribution is 6.05. The Bertz CT molecular complexity index is 654. The molecule has 2 aromatic rings. The summed E-state index contributed by atoms with van der Waals surface area (Å²) in [5.41, 5.74) is 6.80. The summed E-state index contributed by atoms with van der Waals surface area (Å²) >= 11 is 0. The van der Waals surface area contributed by atoms with Gasteiger partial charge in [-0.2, -0.15) is 0 Å². The number of ether oxygens (including phenoxy) is 3.